The summed E-state index contributed by atoms with van der Waals surface area (Å²) in [7, 11) is 0. The third-order valence-electron chi connectivity index (χ3n) is 10.1. The summed E-state index contributed by atoms with van der Waals surface area (Å²) in [6.45, 7) is 1.92. The molecule has 1 heterocycles. The Morgan fingerprint density at radius 1 is 0.660 bits per heavy atom. The zero-order chi connectivity index (χ0) is 37.3. The molecular weight excluding hydrogens is 678 g/mol. The molecule has 1 saturated heterocycles. The summed E-state index contributed by atoms with van der Waals surface area (Å²) in [4.78, 5) is 52.4. The van der Waals surface area contributed by atoms with E-state index in [1.54, 1.807) is 0 Å². The Bertz CT molecular complexity index is 1420. The first-order valence-corrected chi connectivity index (χ1v) is 19.6. The highest BCUT2D eigenvalue weighted by Gasteiger charge is 2.50. The maximum Gasteiger partial charge on any atom is 0.407 e. The average molecular weight is 736 g/mol. The predicted molar refractivity (Wildman–Crippen MR) is 197 cm³/mol. The van der Waals surface area contributed by atoms with Gasteiger partial charge in [0.25, 0.3) is 0 Å². The Balaban J connectivity index is 1.36. The molecule has 2 saturated carbocycles. The van der Waals surface area contributed by atoms with Gasteiger partial charge in [-0.05, 0) is 43.2 Å². The molecule has 3 amide bonds. The first-order chi connectivity index (χ1) is 25.9. The number of amides is 3. The van der Waals surface area contributed by atoms with Crippen molar-refractivity contribution in [2.24, 2.45) is 0 Å². The van der Waals surface area contributed by atoms with E-state index >= 15 is 0 Å². The summed E-state index contributed by atoms with van der Waals surface area (Å²) in [5.41, 5.74) is 1.76. The number of nitrogens with one attached hydrogen (secondary N) is 3. The van der Waals surface area contributed by atoms with Crippen LogP contribution in [0.3, 0.4) is 0 Å². The number of hydrogen-bond acceptors (Lipinski definition) is 9. The normalized spacial score (nSPS) is 23.8. The van der Waals surface area contributed by atoms with Crippen LogP contribution in [0.25, 0.3) is 0 Å². The lowest BCUT2D eigenvalue weighted by Crippen LogP contribution is -2.66. The van der Waals surface area contributed by atoms with E-state index in [2.05, 4.69) is 16.0 Å². The fourth-order valence-corrected chi connectivity index (χ4v) is 7.26. The molecule has 5 rings (SSSR count). The number of ether oxygens (including phenoxy) is 5. The molecule has 12 heteroatoms. The van der Waals surface area contributed by atoms with Crippen LogP contribution in [0.4, 0.5) is 4.79 Å². The summed E-state index contributed by atoms with van der Waals surface area (Å²) >= 11 is 0. The SMILES string of the molecule is CCCC(=O)N[C@H]1C(OCc2ccccc2)O[C@H](COC(=O)CCC(=O)NC2CCCCC2)[C@@H](OC(=O)NC2CCCCC2)[C@@H]1OCc1ccccc1. The summed E-state index contributed by atoms with van der Waals surface area (Å²) in [6.07, 6.45) is 6.11. The van der Waals surface area contributed by atoms with Crippen molar-refractivity contribution < 1.29 is 42.9 Å². The van der Waals surface area contributed by atoms with E-state index in [4.69, 9.17) is 23.7 Å². The Labute approximate surface area is 313 Å². The average Bonchev–Trinajstić information content (AvgIpc) is 3.17. The maximum atomic E-state index is 13.5. The highest BCUT2D eigenvalue weighted by atomic mass is 16.7. The molecule has 2 aromatic rings. The summed E-state index contributed by atoms with van der Waals surface area (Å²) < 4.78 is 31.2. The van der Waals surface area contributed by atoms with Gasteiger partial charge in [-0.1, -0.05) is 106 Å². The second-order valence-electron chi connectivity index (χ2n) is 14.4. The number of alkyl carbamates (subject to hydrolysis) is 1. The molecule has 1 aliphatic heterocycles. The zero-order valence-corrected chi connectivity index (χ0v) is 31.0. The summed E-state index contributed by atoms with van der Waals surface area (Å²) in [5.74, 6) is -0.998. The molecular formula is C41H57N3O9. The lowest BCUT2D eigenvalue weighted by atomic mass is 9.95. The summed E-state index contributed by atoms with van der Waals surface area (Å²) in [5, 5.41) is 9.09. The molecule has 3 N–H and O–H groups in total. The molecule has 2 aliphatic carbocycles. The first-order valence-electron chi connectivity index (χ1n) is 19.6. The topological polar surface area (TPSA) is 151 Å². The molecule has 12 nitrogen and oxygen atoms in total. The Kier molecular flexibility index (Phi) is 16.4. The molecule has 0 bridgehead atoms. The van der Waals surface area contributed by atoms with E-state index in [-0.39, 0.29) is 63.0 Å². The standard InChI is InChI=1S/C41H57N3O9/c1-2-15-34(45)44-37-39(50-26-29-16-7-3-8-17-29)38(53-41(48)43-32-22-13-6-14-23-32)33(52-40(37)51-27-30-18-9-4-10-19-30)28-49-36(47)25-24-35(46)42-31-20-11-5-12-21-31/h3-4,7-10,16-19,31-33,37-40H,2,5-6,11-15,20-28H2,1H3,(H,42,46)(H,43,48)(H,44,45)/t33-,37-,38-,39-,40?/m1/s1. The van der Waals surface area contributed by atoms with Crippen molar-refractivity contribution in [2.45, 2.75) is 153 Å². The lowest BCUT2D eigenvalue weighted by molar-refractivity contribution is -0.282. The second kappa shape index (κ2) is 21.6. The monoisotopic (exact) mass is 735 g/mol. The van der Waals surface area contributed by atoms with E-state index < -0.39 is 42.7 Å². The van der Waals surface area contributed by atoms with Gasteiger partial charge in [-0.25, -0.2) is 4.79 Å². The van der Waals surface area contributed by atoms with Gasteiger partial charge in [0.1, 0.15) is 24.9 Å². The molecule has 290 valence electrons. The van der Waals surface area contributed by atoms with Crippen molar-refractivity contribution in [1.82, 2.24) is 16.0 Å². The van der Waals surface area contributed by atoms with Gasteiger partial charge in [0.15, 0.2) is 12.4 Å². The van der Waals surface area contributed by atoms with Gasteiger partial charge < -0.3 is 39.6 Å². The van der Waals surface area contributed by atoms with Gasteiger partial charge in [0.05, 0.1) is 19.6 Å². The van der Waals surface area contributed by atoms with Gasteiger partial charge >= 0.3 is 12.1 Å². The van der Waals surface area contributed by atoms with Crippen LogP contribution >= 0.6 is 0 Å². The minimum Gasteiger partial charge on any atom is -0.463 e. The van der Waals surface area contributed by atoms with E-state index in [1.165, 1.54) is 6.42 Å². The fraction of sp³-hybridized carbons (Fsp3) is 0.610. The van der Waals surface area contributed by atoms with Crippen LogP contribution in [0.5, 0.6) is 0 Å². The number of carbonyl (C=O) groups excluding carboxylic acids is 4. The molecule has 3 aliphatic rings. The predicted octanol–water partition coefficient (Wildman–Crippen LogP) is 6.00. The van der Waals surface area contributed by atoms with E-state index in [1.807, 2.05) is 67.6 Å². The van der Waals surface area contributed by atoms with E-state index in [0.29, 0.717) is 6.42 Å². The first kappa shape index (κ1) is 40.2. The minimum absolute atomic E-state index is 0.00172. The third-order valence-corrected chi connectivity index (χ3v) is 10.1. The highest BCUT2D eigenvalue weighted by Crippen LogP contribution is 2.30. The van der Waals surface area contributed by atoms with Crippen LogP contribution in [0.2, 0.25) is 0 Å². The second-order valence-corrected chi connectivity index (χ2v) is 14.4. The molecule has 0 aromatic heterocycles. The Morgan fingerprint density at radius 3 is 1.83 bits per heavy atom. The number of carbonyl (C=O) groups is 4. The number of esters is 1. The van der Waals surface area contributed by atoms with Crippen molar-refractivity contribution in [3.63, 3.8) is 0 Å². The van der Waals surface area contributed by atoms with Crippen molar-refractivity contribution in [3.05, 3.63) is 71.8 Å². The van der Waals surface area contributed by atoms with Gasteiger partial charge in [-0.15, -0.1) is 0 Å². The quantitative estimate of drug-likeness (QED) is 0.166. The highest BCUT2D eigenvalue weighted by molar-refractivity contribution is 5.81. The van der Waals surface area contributed by atoms with Crippen LogP contribution in [0, 0.1) is 0 Å². The van der Waals surface area contributed by atoms with E-state index in [9.17, 15) is 19.2 Å². The lowest BCUT2D eigenvalue weighted by Gasteiger charge is -2.45. The Morgan fingerprint density at radius 2 is 1.23 bits per heavy atom. The largest absolute Gasteiger partial charge is 0.463 e. The van der Waals surface area contributed by atoms with Crippen molar-refractivity contribution in [3.8, 4) is 0 Å². The van der Waals surface area contributed by atoms with Crippen LogP contribution in [0.15, 0.2) is 60.7 Å². The van der Waals surface area contributed by atoms with Crippen LogP contribution in [-0.2, 0) is 51.3 Å². The molecule has 53 heavy (non-hydrogen) atoms. The molecule has 1 unspecified atom stereocenters. The van der Waals surface area contributed by atoms with Crippen molar-refractivity contribution in [1.29, 1.82) is 0 Å². The third kappa shape index (κ3) is 13.4. The zero-order valence-electron chi connectivity index (χ0n) is 31.0. The van der Waals surface area contributed by atoms with Gasteiger partial charge in [0.2, 0.25) is 11.8 Å². The van der Waals surface area contributed by atoms with Crippen LogP contribution in [-0.4, -0.2) is 73.2 Å². The van der Waals surface area contributed by atoms with Crippen molar-refractivity contribution in [2.75, 3.05) is 6.61 Å². The molecule has 2 aromatic carbocycles. The number of rotatable bonds is 17. The van der Waals surface area contributed by atoms with Crippen molar-refractivity contribution >= 4 is 23.9 Å². The molecule has 5 atom stereocenters. The molecule has 0 spiro atoms. The molecule has 0 radical (unpaired) electrons. The van der Waals surface area contributed by atoms with Gasteiger partial charge in [0, 0.05) is 24.9 Å². The number of hydrogen-bond donors (Lipinski definition) is 3. The Hall–Kier alpha value is -4.00. The van der Waals surface area contributed by atoms with E-state index in [0.717, 1.165) is 68.9 Å². The smallest absolute Gasteiger partial charge is 0.407 e. The number of benzene rings is 2. The molecule has 3 fully saturated rings. The van der Waals surface area contributed by atoms with Gasteiger partial charge in [-0.3, -0.25) is 14.4 Å². The fourth-order valence-electron chi connectivity index (χ4n) is 7.26. The summed E-state index contributed by atoms with van der Waals surface area (Å²) in [6, 6.07) is 18.3. The minimum atomic E-state index is -1.10. The maximum absolute atomic E-state index is 13.5. The van der Waals surface area contributed by atoms with Crippen LogP contribution < -0.4 is 16.0 Å². The van der Waals surface area contributed by atoms with Gasteiger partial charge in [-0.2, -0.15) is 0 Å². The van der Waals surface area contributed by atoms with Crippen LogP contribution in [0.1, 0.15) is 108 Å².